The SMILES string of the molecule is COC(=O)[C@@H](Cc1ccccc1)NC(=O)c1cnn(-c2ccc(Cl)cc2)c1C(F)(F)F. The van der Waals surface area contributed by atoms with Gasteiger partial charge in [0.15, 0.2) is 5.69 Å². The van der Waals surface area contributed by atoms with Crippen LogP contribution in [0.1, 0.15) is 21.6 Å². The van der Waals surface area contributed by atoms with E-state index in [2.05, 4.69) is 10.4 Å². The highest BCUT2D eigenvalue weighted by Crippen LogP contribution is 2.34. The first kappa shape index (κ1) is 22.4. The van der Waals surface area contributed by atoms with Crippen molar-refractivity contribution in [3.05, 3.63) is 82.6 Å². The summed E-state index contributed by atoms with van der Waals surface area (Å²) in [5, 5.41) is 6.40. The van der Waals surface area contributed by atoms with E-state index in [0.29, 0.717) is 15.3 Å². The van der Waals surface area contributed by atoms with Crippen LogP contribution in [-0.2, 0) is 22.1 Å². The van der Waals surface area contributed by atoms with E-state index in [1.54, 1.807) is 30.3 Å². The molecule has 1 amide bonds. The molecule has 0 fully saturated rings. The topological polar surface area (TPSA) is 73.2 Å². The molecule has 0 bridgehead atoms. The van der Waals surface area contributed by atoms with Crippen LogP contribution in [0.5, 0.6) is 0 Å². The molecule has 3 aromatic rings. The molecule has 1 heterocycles. The van der Waals surface area contributed by atoms with Crippen LogP contribution in [0.25, 0.3) is 5.69 Å². The highest BCUT2D eigenvalue weighted by Gasteiger charge is 2.41. The van der Waals surface area contributed by atoms with E-state index in [1.165, 1.54) is 24.3 Å². The molecule has 2 aromatic carbocycles. The Balaban J connectivity index is 1.94. The number of esters is 1. The van der Waals surface area contributed by atoms with Gasteiger partial charge in [-0.25, -0.2) is 9.48 Å². The van der Waals surface area contributed by atoms with E-state index in [4.69, 9.17) is 16.3 Å². The van der Waals surface area contributed by atoms with Gasteiger partial charge in [0.05, 0.1) is 24.6 Å². The molecule has 162 valence electrons. The second-order valence-corrected chi connectivity index (χ2v) is 6.97. The number of nitrogens with zero attached hydrogens (tertiary/aromatic N) is 2. The number of hydrogen-bond donors (Lipinski definition) is 1. The van der Waals surface area contributed by atoms with Gasteiger partial charge in [0, 0.05) is 11.4 Å². The zero-order valence-corrected chi connectivity index (χ0v) is 16.9. The van der Waals surface area contributed by atoms with Crippen molar-refractivity contribution in [1.29, 1.82) is 0 Å². The fraction of sp³-hybridized carbons (Fsp3) is 0.190. The van der Waals surface area contributed by atoms with Crippen molar-refractivity contribution < 1.29 is 27.5 Å². The summed E-state index contributed by atoms with van der Waals surface area (Å²) in [7, 11) is 1.13. The minimum atomic E-state index is -4.89. The van der Waals surface area contributed by atoms with Crippen LogP contribution < -0.4 is 5.32 Å². The van der Waals surface area contributed by atoms with Crippen molar-refractivity contribution in [2.45, 2.75) is 18.6 Å². The molecule has 1 atom stereocenters. The van der Waals surface area contributed by atoms with Gasteiger partial charge in [-0.05, 0) is 29.8 Å². The first-order chi connectivity index (χ1) is 14.7. The lowest BCUT2D eigenvalue weighted by atomic mass is 10.1. The molecule has 31 heavy (non-hydrogen) atoms. The molecule has 0 aliphatic heterocycles. The lowest BCUT2D eigenvalue weighted by Gasteiger charge is -2.17. The van der Waals surface area contributed by atoms with E-state index in [0.717, 1.165) is 13.3 Å². The summed E-state index contributed by atoms with van der Waals surface area (Å²) in [4.78, 5) is 24.9. The third-order valence-corrected chi connectivity index (χ3v) is 4.68. The first-order valence-electron chi connectivity index (χ1n) is 9.04. The van der Waals surface area contributed by atoms with Crippen LogP contribution in [0.3, 0.4) is 0 Å². The minimum absolute atomic E-state index is 0.0475. The molecule has 3 rings (SSSR count). The van der Waals surface area contributed by atoms with E-state index >= 15 is 0 Å². The van der Waals surface area contributed by atoms with Crippen molar-refractivity contribution in [1.82, 2.24) is 15.1 Å². The maximum absolute atomic E-state index is 13.8. The Morgan fingerprint density at radius 1 is 1.13 bits per heavy atom. The number of carbonyl (C=O) groups excluding carboxylic acids is 2. The molecule has 1 N–H and O–H groups in total. The molecule has 0 aliphatic rings. The van der Waals surface area contributed by atoms with Gasteiger partial charge in [-0.2, -0.15) is 18.3 Å². The number of hydrogen-bond acceptors (Lipinski definition) is 4. The molecule has 0 radical (unpaired) electrons. The predicted octanol–water partition coefficient (Wildman–Crippen LogP) is 4.06. The van der Waals surface area contributed by atoms with Crippen LogP contribution in [0, 0.1) is 0 Å². The highest BCUT2D eigenvalue weighted by molar-refractivity contribution is 6.30. The van der Waals surface area contributed by atoms with Gasteiger partial charge in [0.2, 0.25) is 0 Å². The van der Waals surface area contributed by atoms with Gasteiger partial charge in [-0.1, -0.05) is 41.9 Å². The molecule has 0 saturated carbocycles. The molecule has 10 heteroatoms. The van der Waals surface area contributed by atoms with Gasteiger partial charge < -0.3 is 10.1 Å². The van der Waals surface area contributed by atoms with Gasteiger partial charge >= 0.3 is 12.1 Å². The highest BCUT2D eigenvalue weighted by atomic mass is 35.5. The lowest BCUT2D eigenvalue weighted by Crippen LogP contribution is -2.43. The second-order valence-electron chi connectivity index (χ2n) is 6.53. The van der Waals surface area contributed by atoms with E-state index < -0.39 is 35.4 Å². The maximum Gasteiger partial charge on any atom is 0.434 e. The van der Waals surface area contributed by atoms with Crippen LogP contribution in [0.4, 0.5) is 13.2 Å². The lowest BCUT2D eigenvalue weighted by molar-refractivity contribution is -0.143. The molecule has 0 unspecified atom stereocenters. The summed E-state index contributed by atoms with van der Waals surface area (Å²) < 4.78 is 46.8. The molecule has 0 spiro atoms. The monoisotopic (exact) mass is 451 g/mol. The number of nitrogens with one attached hydrogen (secondary N) is 1. The Morgan fingerprint density at radius 3 is 2.35 bits per heavy atom. The van der Waals surface area contributed by atoms with Crippen molar-refractivity contribution in [2.75, 3.05) is 7.11 Å². The quantitative estimate of drug-likeness (QED) is 0.574. The Kier molecular flexibility index (Phi) is 6.65. The van der Waals surface area contributed by atoms with Gasteiger partial charge in [-0.3, -0.25) is 4.79 Å². The molecule has 0 saturated heterocycles. The van der Waals surface area contributed by atoms with Gasteiger partial charge in [0.25, 0.3) is 5.91 Å². The average molecular weight is 452 g/mol. The maximum atomic E-state index is 13.8. The summed E-state index contributed by atoms with van der Waals surface area (Å²) >= 11 is 5.79. The van der Waals surface area contributed by atoms with Crippen molar-refractivity contribution in [2.24, 2.45) is 0 Å². The number of amides is 1. The number of halogens is 4. The standard InChI is InChI=1S/C21H17ClF3N3O3/c1-31-20(30)17(11-13-5-3-2-4-6-13)27-19(29)16-12-26-28(18(16)21(23,24)25)15-9-7-14(22)8-10-15/h2-10,12,17H,11H2,1H3,(H,27,29)/t17-/m1/s1. The van der Waals surface area contributed by atoms with Crippen LogP contribution in [-0.4, -0.2) is 34.8 Å². The summed E-state index contributed by atoms with van der Waals surface area (Å²) in [6.07, 6.45) is -4.03. The zero-order valence-electron chi connectivity index (χ0n) is 16.2. The van der Waals surface area contributed by atoms with Crippen molar-refractivity contribution >= 4 is 23.5 Å². The number of alkyl halides is 3. The number of rotatable bonds is 6. The van der Waals surface area contributed by atoms with Crippen molar-refractivity contribution in [3.63, 3.8) is 0 Å². The summed E-state index contributed by atoms with van der Waals surface area (Å²) in [5.74, 6) is -1.88. The third kappa shape index (κ3) is 5.24. The smallest absolute Gasteiger partial charge is 0.434 e. The van der Waals surface area contributed by atoms with E-state index in [1.807, 2.05) is 0 Å². The molecular weight excluding hydrogens is 435 g/mol. The zero-order chi connectivity index (χ0) is 22.6. The summed E-state index contributed by atoms with van der Waals surface area (Å²) in [6, 6.07) is 13.0. The Labute approximate surface area is 180 Å². The number of ether oxygens (including phenoxy) is 1. The predicted molar refractivity (Wildman–Crippen MR) is 107 cm³/mol. The van der Waals surface area contributed by atoms with Gasteiger partial charge in [-0.15, -0.1) is 0 Å². The Morgan fingerprint density at radius 2 is 1.77 bits per heavy atom. The summed E-state index contributed by atoms with van der Waals surface area (Å²) in [6.45, 7) is 0. The van der Waals surface area contributed by atoms with Crippen molar-refractivity contribution in [3.8, 4) is 5.69 Å². The number of aromatic nitrogens is 2. The second kappa shape index (κ2) is 9.22. The largest absolute Gasteiger partial charge is 0.467 e. The number of carbonyl (C=O) groups is 2. The number of methoxy groups -OCH3 is 1. The van der Waals surface area contributed by atoms with Crippen LogP contribution in [0.2, 0.25) is 5.02 Å². The Hall–Kier alpha value is -3.33. The Bertz CT molecular complexity index is 1070. The summed E-state index contributed by atoms with van der Waals surface area (Å²) in [5.41, 5.74) is -1.21. The average Bonchev–Trinajstić information content (AvgIpc) is 3.20. The first-order valence-corrected chi connectivity index (χ1v) is 9.42. The fourth-order valence-corrected chi connectivity index (χ4v) is 3.11. The normalized spacial score (nSPS) is 12.3. The van der Waals surface area contributed by atoms with Gasteiger partial charge in [0.1, 0.15) is 6.04 Å². The number of benzene rings is 2. The molecular formula is C21H17ClF3N3O3. The van der Waals surface area contributed by atoms with E-state index in [9.17, 15) is 22.8 Å². The minimum Gasteiger partial charge on any atom is -0.467 e. The third-order valence-electron chi connectivity index (χ3n) is 4.43. The molecule has 0 aliphatic carbocycles. The van der Waals surface area contributed by atoms with Crippen LogP contribution in [0.15, 0.2) is 60.8 Å². The van der Waals surface area contributed by atoms with E-state index in [-0.39, 0.29) is 12.1 Å². The molecule has 1 aromatic heterocycles. The van der Waals surface area contributed by atoms with Crippen LogP contribution >= 0.6 is 11.6 Å². The molecule has 6 nitrogen and oxygen atoms in total. The fourth-order valence-electron chi connectivity index (χ4n) is 2.99.